The first-order valence-electron chi connectivity index (χ1n) is 12.3. The SMILES string of the molecule is O=C(CCCCCCC(=O)N/N=C/[C@@H]1C[C@H]2CC[C@H]1C2)N/N=C\[C@H]1C[C@H]2CC[C@H]1C2. The minimum Gasteiger partial charge on any atom is -0.273 e. The van der Waals surface area contributed by atoms with Crippen LogP contribution in [0.2, 0.25) is 0 Å². The van der Waals surface area contributed by atoms with Crippen molar-refractivity contribution in [2.45, 2.75) is 89.9 Å². The van der Waals surface area contributed by atoms with Crippen molar-refractivity contribution >= 4 is 24.2 Å². The molecule has 4 aliphatic carbocycles. The number of hydrogen-bond donors (Lipinski definition) is 2. The molecule has 4 bridgehead atoms. The lowest BCUT2D eigenvalue weighted by Crippen LogP contribution is -2.20. The molecule has 4 fully saturated rings. The number of hydrogen-bond acceptors (Lipinski definition) is 4. The highest BCUT2D eigenvalue weighted by Gasteiger charge is 2.39. The summed E-state index contributed by atoms with van der Waals surface area (Å²) in [5, 5.41) is 8.38. The Labute approximate surface area is 180 Å². The van der Waals surface area contributed by atoms with Crippen LogP contribution in [0, 0.1) is 35.5 Å². The third-order valence-corrected chi connectivity index (χ3v) is 8.05. The lowest BCUT2D eigenvalue weighted by atomic mass is 9.90. The van der Waals surface area contributed by atoms with Gasteiger partial charge in [0.15, 0.2) is 0 Å². The van der Waals surface area contributed by atoms with Crippen LogP contribution in [0.4, 0.5) is 0 Å². The summed E-state index contributed by atoms with van der Waals surface area (Å²) in [5.41, 5.74) is 5.37. The molecule has 6 heteroatoms. The molecule has 0 aliphatic heterocycles. The Morgan fingerprint density at radius 2 is 1.13 bits per heavy atom. The van der Waals surface area contributed by atoms with E-state index in [9.17, 15) is 9.59 Å². The van der Waals surface area contributed by atoms with E-state index < -0.39 is 0 Å². The largest absolute Gasteiger partial charge is 0.273 e. The number of unbranched alkanes of at least 4 members (excludes halogenated alkanes) is 3. The predicted octanol–water partition coefficient (Wildman–Crippen LogP) is 4.40. The third-order valence-electron chi connectivity index (χ3n) is 8.05. The number of hydrazone groups is 2. The van der Waals surface area contributed by atoms with Gasteiger partial charge in [-0.15, -0.1) is 0 Å². The van der Waals surface area contributed by atoms with Crippen LogP contribution in [0.15, 0.2) is 10.2 Å². The lowest BCUT2D eigenvalue weighted by molar-refractivity contribution is -0.122. The van der Waals surface area contributed by atoms with E-state index in [4.69, 9.17) is 0 Å². The Kier molecular flexibility index (Phi) is 7.56. The summed E-state index contributed by atoms with van der Waals surface area (Å²) in [6.45, 7) is 0. The van der Waals surface area contributed by atoms with Gasteiger partial charge in [-0.25, -0.2) is 10.9 Å². The molecule has 0 heterocycles. The van der Waals surface area contributed by atoms with Gasteiger partial charge in [-0.2, -0.15) is 10.2 Å². The molecule has 2 N–H and O–H groups in total. The van der Waals surface area contributed by atoms with Gasteiger partial charge in [-0.3, -0.25) is 9.59 Å². The number of rotatable bonds is 11. The zero-order valence-electron chi connectivity index (χ0n) is 18.2. The van der Waals surface area contributed by atoms with E-state index >= 15 is 0 Å². The summed E-state index contributed by atoms with van der Waals surface area (Å²) in [5.74, 6) is 4.56. The van der Waals surface area contributed by atoms with Crippen LogP contribution in [0.25, 0.3) is 0 Å². The first kappa shape index (κ1) is 21.5. The quantitative estimate of drug-likeness (QED) is 0.298. The summed E-state index contributed by atoms with van der Waals surface area (Å²) in [7, 11) is 0. The molecule has 4 aliphatic rings. The van der Waals surface area contributed by atoms with Crippen LogP contribution in [0.1, 0.15) is 89.9 Å². The van der Waals surface area contributed by atoms with Crippen molar-refractivity contribution in [1.29, 1.82) is 0 Å². The second kappa shape index (κ2) is 10.5. The molecule has 4 saturated carbocycles. The molecule has 0 radical (unpaired) electrons. The molecule has 30 heavy (non-hydrogen) atoms. The average molecular weight is 415 g/mol. The Balaban J connectivity index is 0.974. The molecular weight excluding hydrogens is 376 g/mol. The third kappa shape index (κ3) is 5.92. The predicted molar refractivity (Wildman–Crippen MR) is 119 cm³/mol. The molecule has 4 rings (SSSR count). The van der Waals surface area contributed by atoms with Crippen LogP contribution in [0.5, 0.6) is 0 Å². The van der Waals surface area contributed by atoms with Gasteiger partial charge >= 0.3 is 0 Å². The Hall–Kier alpha value is -1.72. The second-order valence-corrected chi connectivity index (χ2v) is 10.2. The molecule has 0 saturated heterocycles. The molecule has 2 amide bonds. The van der Waals surface area contributed by atoms with Crippen molar-refractivity contribution in [1.82, 2.24) is 10.9 Å². The molecule has 0 aromatic rings. The molecule has 166 valence electrons. The van der Waals surface area contributed by atoms with Crippen molar-refractivity contribution in [2.24, 2.45) is 45.7 Å². The fourth-order valence-corrected chi connectivity index (χ4v) is 6.40. The highest BCUT2D eigenvalue weighted by atomic mass is 16.2. The minimum atomic E-state index is 0.00195. The summed E-state index contributed by atoms with van der Waals surface area (Å²) >= 11 is 0. The molecular formula is C24H38N4O2. The molecule has 6 atom stereocenters. The lowest BCUT2D eigenvalue weighted by Gasteiger charge is -2.16. The van der Waals surface area contributed by atoms with Gasteiger partial charge in [-0.1, -0.05) is 25.7 Å². The van der Waals surface area contributed by atoms with Gasteiger partial charge < -0.3 is 0 Å². The van der Waals surface area contributed by atoms with E-state index in [1.54, 1.807) is 0 Å². The van der Waals surface area contributed by atoms with Gasteiger partial charge in [0.2, 0.25) is 11.8 Å². The van der Waals surface area contributed by atoms with Gasteiger partial charge in [-0.05, 0) is 86.9 Å². The number of nitrogens with one attached hydrogen (secondary N) is 2. The van der Waals surface area contributed by atoms with Crippen LogP contribution in [0.3, 0.4) is 0 Å². The fraction of sp³-hybridized carbons (Fsp3) is 0.833. The number of fused-ring (bicyclic) bond motifs is 4. The van der Waals surface area contributed by atoms with Gasteiger partial charge in [0, 0.05) is 25.3 Å². The molecule has 0 aromatic carbocycles. The smallest absolute Gasteiger partial charge is 0.240 e. The van der Waals surface area contributed by atoms with Crippen LogP contribution in [-0.4, -0.2) is 24.2 Å². The maximum Gasteiger partial charge on any atom is 0.240 e. The second-order valence-electron chi connectivity index (χ2n) is 10.2. The van der Waals surface area contributed by atoms with Crippen LogP contribution >= 0.6 is 0 Å². The van der Waals surface area contributed by atoms with Crippen molar-refractivity contribution < 1.29 is 9.59 Å². The standard InChI is InChI=1S/C24H38N4O2/c29-23(27-25-15-21-13-17-7-9-19(21)11-17)5-3-1-2-4-6-24(30)28-26-16-22-14-18-8-10-20(22)12-18/h15-22H,1-14H2,(H,27,29)(H,28,30)/b25-15-,26-16+/t17-,18-,19-,20-,21+,22-/m0/s1. The minimum absolute atomic E-state index is 0.00195. The Morgan fingerprint density at radius 3 is 1.50 bits per heavy atom. The van der Waals surface area contributed by atoms with E-state index in [0.29, 0.717) is 24.7 Å². The molecule has 0 unspecified atom stereocenters. The van der Waals surface area contributed by atoms with E-state index in [1.165, 1.54) is 51.4 Å². The van der Waals surface area contributed by atoms with Crippen molar-refractivity contribution in [3.8, 4) is 0 Å². The van der Waals surface area contributed by atoms with E-state index in [0.717, 1.165) is 49.4 Å². The summed E-state index contributed by atoms with van der Waals surface area (Å²) in [6, 6.07) is 0. The number of amides is 2. The van der Waals surface area contributed by atoms with Crippen molar-refractivity contribution in [3.63, 3.8) is 0 Å². The first-order chi connectivity index (χ1) is 14.7. The van der Waals surface area contributed by atoms with E-state index in [-0.39, 0.29) is 11.8 Å². The zero-order chi connectivity index (χ0) is 20.8. The highest BCUT2D eigenvalue weighted by Crippen LogP contribution is 2.48. The fourth-order valence-electron chi connectivity index (χ4n) is 6.40. The average Bonchev–Trinajstić information content (AvgIpc) is 3.52. The molecule has 6 nitrogen and oxygen atoms in total. The summed E-state index contributed by atoms with van der Waals surface area (Å²) in [6.07, 6.45) is 19.2. The molecule has 0 aromatic heterocycles. The van der Waals surface area contributed by atoms with E-state index in [2.05, 4.69) is 21.1 Å². The Morgan fingerprint density at radius 1 is 0.667 bits per heavy atom. The van der Waals surface area contributed by atoms with E-state index in [1.807, 2.05) is 12.4 Å². The van der Waals surface area contributed by atoms with Gasteiger partial charge in [0.25, 0.3) is 0 Å². The van der Waals surface area contributed by atoms with Crippen LogP contribution in [-0.2, 0) is 9.59 Å². The summed E-state index contributed by atoms with van der Waals surface area (Å²) in [4.78, 5) is 23.8. The normalized spacial score (nSPS) is 34.4. The zero-order valence-corrected chi connectivity index (χ0v) is 18.2. The molecule has 0 spiro atoms. The number of carbonyl (C=O) groups excluding carboxylic acids is 2. The van der Waals surface area contributed by atoms with Crippen molar-refractivity contribution in [3.05, 3.63) is 0 Å². The topological polar surface area (TPSA) is 82.9 Å². The number of carbonyl (C=O) groups is 2. The Bertz CT molecular complexity index is 606. The van der Waals surface area contributed by atoms with Gasteiger partial charge in [0.05, 0.1) is 0 Å². The number of nitrogens with zero attached hydrogens (tertiary/aromatic N) is 2. The monoisotopic (exact) mass is 414 g/mol. The maximum atomic E-state index is 11.9. The highest BCUT2D eigenvalue weighted by molar-refractivity contribution is 5.77. The maximum absolute atomic E-state index is 11.9. The summed E-state index contributed by atoms with van der Waals surface area (Å²) < 4.78 is 0. The van der Waals surface area contributed by atoms with Crippen LogP contribution < -0.4 is 10.9 Å². The van der Waals surface area contributed by atoms with Crippen molar-refractivity contribution in [2.75, 3.05) is 0 Å². The first-order valence-corrected chi connectivity index (χ1v) is 12.3. The van der Waals surface area contributed by atoms with Gasteiger partial charge in [0.1, 0.15) is 0 Å².